The number of nitrogens with two attached hydrogens (primary N) is 1. The summed E-state index contributed by atoms with van der Waals surface area (Å²) in [5.74, 6) is 0.224. The van der Waals surface area contributed by atoms with Crippen LogP contribution >= 0.6 is 0 Å². The van der Waals surface area contributed by atoms with Gasteiger partial charge in [-0.3, -0.25) is 5.32 Å². The molecule has 0 aliphatic carbocycles. The van der Waals surface area contributed by atoms with Gasteiger partial charge in [0, 0.05) is 35.5 Å². The quantitative estimate of drug-likeness (QED) is 0.557. The molecular formula is C21H22FN5O3. The molecule has 0 spiro atoms. The van der Waals surface area contributed by atoms with Gasteiger partial charge in [0.15, 0.2) is 5.82 Å². The Hall–Kier alpha value is -3.62. The van der Waals surface area contributed by atoms with Crippen molar-refractivity contribution in [1.82, 2.24) is 9.97 Å². The lowest BCUT2D eigenvalue weighted by Gasteiger charge is -2.22. The molecule has 0 saturated heterocycles. The van der Waals surface area contributed by atoms with Crippen molar-refractivity contribution in [2.24, 2.45) is 0 Å². The van der Waals surface area contributed by atoms with Crippen molar-refractivity contribution in [3.05, 3.63) is 35.9 Å². The van der Waals surface area contributed by atoms with E-state index in [-0.39, 0.29) is 17.6 Å². The van der Waals surface area contributed by atoms with Crippen LogP contribution in [0.4, 0.5) is 26.4 Å². The van der Waals surface area contributed by atoms with Crippen molar-refractivity contribution in [2.75, 3.05) is 29.5 Å². The fourth-order valence-corrected chi connectivity index (χ4v) is 3.40. The molecule has 9 heteroatoms. The van der Waals surface area contributed by atoms with Crippen molar-refractivity contribution in [2.45, 2.75) is 26.9 Å². The van der Waals surface area contributed by atoms with E-state index < -0.39 is 11.9 Å². The van der Waals surface area contributed by atoms with Crippen LogP contribution in [0, 0.1) is 12.7 Å². The van der Waals surface area contributed by atoms with Crippen LogP contribution in [0.1, 0.15) is 19.4 Å². The van der Waals surface area contributed by atoms with E-state index in [1.807, 2.05) is 6.92 Å². The number of carbonyl (C=O) groups excluding carboxylic acids is 1. The van der Waals surface area contributed by atoms with Crippen LogP contribution in [0.2, 0.25) is 0 Å². The molecule has 0 unspecified atom stereocenters. The summed E-state index contributed by atoms with van der Waals surface area (Å²) in [6.07, 6.45) is 2.12. The van der Waals surface area contributed by atoms with Crippen LogP contribution in [0.5, 0.6) is 5.88 Å². The molecule has 4 N–H and O–H groups in total. The highest BCUT2D eigenvalue weighted by atomic mass is 19.1. The maximum Gasteiger partial charge on any atom is 0.413 e. The lowest BCUT2D eigenvalue weighted by Crippen LogP contribution is -2.20. The molecule has 1 aromatic carbocycles. The molecule has 0 fully saturated rings. The van der Waals surface area contributed by atoms with Gasteiger partial charge in [-0.15, -0.1) is 0 Å². The number of aromatic nitrogens is 2. The van der Waals surface area contributed by atoms with Crippen molar-refractivity contribution in [3.8, 4) is 17.0 Å². The molecule has 0 bridgehead atoms. The molecule has 8 nitrogen and oxygen atoms in total. The molecule has 3 heterocycles. The Bertz CT molecular complexity index is 1150. The number of nitrogens with zero attached hydrogens (tertiary/aromatic N) is 2. The van der Waals surface area contributed by atoms with Crippen LogP contribution in [0.15, 0.2) is 24.5 Å². The van der Waals surface area contributed by atoms with Gasteiger partial charge in [-0.25, -0.2) is 19.2 Å². The number of nitrogens with one attached hydrogen (secondary N) is 2. The van der Waals surface area contributed by atoms with Gasteiger partial charge in [0.2, 0.25) is 5.88 Å². The molecule has 0 radical (unpaired) electrons. The third-order valence-electron chi connectivity index (χ3n) is 4.81. The minimum Gasteiger partial charge on any atom is -0.474 e. The van der Waals surface area contributed by atoms with Crippen molar-refractivity contribution in [3.63, 3.8) is 0 Å². The first-order valence-electron chi connectivity index (χ1n) is 9.57. The monoisotopic (exact) mass is 411 g/mol. The first-order chi connectivity index (χ1) is 14.3. The Morgan fingerprint density at radius 3 is 2.87 bits per heavy atom. The van der Waals surface area contributed by atoms with Gasteiger partial charge in [-0.1, -0.05) is 0 Å². The predicted octanol–water partition coefficient (Wildman–Crippen LogP) is 4.09. The Labute approximate surface area is 172 Å². The number of rotatable bonds is 3. The number of hydrogen-bond donors (Lipinski definition) is 3. The lowest BCUT2D eigenvalue weighted by atomic mass is 9.97. The molecule has 0 atom stereocenters. The summed E-state index contributed by atoms with van der Waals surface area (Å²) in [6, 6.07) is 3.29. The second kappa shape index (κ2) is 7.66. The molecule has 1 aliphatic rings. The number of nitrogen functional groups attached to an aromatic ring is 1. The maximum atomic E-state index is 15.2. The number of amides is 1. The molecule has 4 rings (SSSR count). The van der Waals surface area contributed by atoms with Gasteiger partial charge in [-0.05, 0) is 43.9 Å². The molecule has 1 amide bonds. The molecule has 0 saturated carbocycles. The van der Waals surface area contributed by atoms with Crippen molar-refractivity contribution in [1.29, 1.82) is 0 Å². The fourth-order valence-electron chi connectivity index (χ4n) is 3.40. The van der Waals surface area contributed by atoms with E-state index in [0.29, 0.717) is 40.9 Å². The number of hydrogen-bond acceptors (Lipinski definition) is 7. The van der Waals surface area contributed by atoms with Gasteiger partial charge in [0.1, 0.15) is 18.1 Å². The van der Waals surface area contributed by atoms with Crippen LogP contribution in [0.25, 0.3) is 21.9 Å². The number of carbonyl (C=O) groups is 1. The number of benzene rings is 1. The van der Waals surface area contributed by atoms with Gasteiger partial charge in [0.05, 0.1) is 11.8 Å². The SMILES string of the molecule is Cc1c(-c2cc3cc(NC(=O)OC(C)C)ncc3c(N)c2F)cnc2c1NCCO2. The molecule has 156 valence electrons. The number of pyridine rings is 2. The van der Waals surface area contributed by atoms with Gasteiger partial charge in [-0.2, -0.15) is 0 Å². The molecular weight excluding hydrogens is 389 g/mol. The van der Waals surface area contributed by atoms with Crippen LogP contribution in [-0.2, 0) is 4.74 Å². The summed E-state index contributed by atoms with van der Waals surface area (Å²) in [5.41, 5.74) is 8.51. The first-order valence-corrected chi connectivity index (χ1v) is 9.57. The van der Waals surface area contributed by atoms with E-state index in [0.717, 1.165) is 11.3 Å². The van der Waals surface area contributed by atoms with Crippen LogP contribution < -0.4 is 21.1 Å². The topological polar surface area (TPSA) is 111 Å². The van der Waals surface area contributed by atoms with Gasteiger partial charge >= 0.3 is 6.09 Å². The highest BCUT2D eigenvalue weighted by Gasteiger charge is 2.21. The second-order valence-corrected chi connectivity index (χ2v) is 7.27. The molecule has 1 aliphatic heterocycles. The smallest absolute Gasteiger partial charge is 0.413 e. The summed E-state index contributed by atoms with van der Waals surface area (Å²) in [4.78, 5) is 20.3. The molecule has 30 heavy (non-hydrogen) atoms. The van der Waals surface area contributed by atoms with Gasteiger partial charge < -0.3 is 20.5 Å². The molecule has 2 aromatic heterocycles. The minimum atomic E-state index is -0.618. The van der Waals surface area contributed by atoms with Crippen molar-refractivity contribution >= 4 is 34.1 Å². The van der Waals surface area contributed by atoms with E-state index >= 15 is 4.39 Å². The average Bonchev–Trinajstić information content (AvgIpc) is 2.71. The summed E-state index contributed by atoms with van der Waals surface area (Å²) in [6.45, 7) is 6.54. The van der Waals surface area contributed by atoms with Crippen LogP contribution in [-0.4, -0.2) is 35.3 Å². The summed E-state index contributed by atoms with van der Waals surface area (Å²) < 4.78 is 25.8. The summed E-state index contributed by atoms with van der Waals surface area (Å²) in [5, 5.41) is 6.88. The highest BCUT2D eigenvalue weighted by Crippen LogP contribution is 2.39. The van der Waals surface area contributed by atoms with E-state index in [2.05, 4.69) is 20.6 Å². The molecule has 3 aromatic rings. The van der Waals surface area contributed by atoms with E-state index in [9.17, 15) is 4.79 Å². The zero-order valence-electron chi connectivity index (χ0n) is 16.9. The van der Waals surface area contributed by atoms with E-state index in [1.54, 1.807) is 32.2 Å². The minimum absolute atomic E-state index is 0.0207. The maximum absolute atomic E-state index is 15.2. The Balaban J connectivity index is 1.79. The summed E-state index contributed by atoms with van der Waals surface area (Å²) in [7, 11) is 0. The highest BCUT2D eigenvalue weighted by molar-refractivity contribution is 5.99. The predicted molar refractivity (Wildman–Crippen MR) is 113 cm³/mol. The zero-order chi connectivity index (χ0) is 21.4. The normalized spacial score (nSPS) is 12.8. The standard InChI is InChI=1S/C21H22FN5O3/c1-10(2)30-21(28)27-16-7-12-6-13(17(22)18(23)15(12)9-25-16)14-8-26-20-19(11(14)3)24-4-5-29-20/h6-10,24H,4-5,23H2,1-3H3,(H,25,27,28). The van der Waals surface area contributed by atoms with Crippen LogP contribution in [0.3, 0.4) is 0 Å². The number of ether oxygens (including phenoxy) is 2. The first kappa shape index (κ1) is 19.7. The Morgan fingerprint density at radius 1 is 1.30 bits per heavy atom. The van der Waals surface area contributed by atoms with E-state index in [1.165, 1.54) is 6.20 Å². The average molecular weight is 411 g/mol. The number of anilines is 3. The Morgan fingerprint density at radius 2 is 2.10 bits per heavy atom. The van der Waals surface area contributed by atoms with Gasteiger partial charge in [0.25, 0.3) is 0 Å². The summed E-state index contributed by atoms with van der Waals surface area (Å²) >= 11 is 0. The number of fused-ring (bicyclic) bond motifs is 2. The Kier molecular flexibility index (Phi) is 5.03. The fraction of sp³-hybridized carbons (Fsp3) is 0.286. The largest absolute Gasteiger partial charge is 0.474 e. The zero-order valence-corrected chi connectivity index (χ0v) is 16.9. The number of halogens is 1. The third-order valence-corrected chi connectivity index (χ3v) is 4.81. The third kappa shape index (κ3) is 3.54. The van der Waals surface area contributed by atoms with Crippen molar-refractivity contribution < 1.29 is 18.7 Å². The van der Waals surface area contributed by atoms with E-state index in [4.69, 9.17) is 15.2 Å². The lowest BCUT2D eigenvalue weighted by molar-refractivity contribution is 0.130. The second-order valence-electron chi connectivity index (χ2n) is 7.27.